The lowest BCUT2D eigenvalue weighted by atomic mass is 10.2. The highest BCUT2D eigenvalue weighted by Crippen LogP contribution is 2.18. The smallest absolute Gasteiger partial charge is 0.266 e. The lowest BCUT2D eigenvalue weighted by Crippen LogP contribution is -2.23. The van der Waals surface area contributed by atoms with E-state index in [0.717, 1.165) is 35.9 Å². The highest BCUT2D eigenvalue weighted by Gasteiger charge is 2.06. The van der Waals surface area contributed by atoms with Crippen LogP contribution in [-0.2, 0) is 6.54 Å². The van der Waals surface area contributed by atoms with E-state index in [4.69, 9.17) is 0 Å². The van der Waals surface area contributed by atoms with E-state index in [1.807, 2.05) is 22.9 Å². The van der Waals surface area contributed by atoms with Crippen LogP contribution in [0.25, 0.3) is 16.7 Å². The molecule has 0 fully saturated rings. The number of rotatable bonds is 6. The second-order valence-corrected chi connectivity index (χ2v) is 6.04. The van der Waals surface area contributed by atoms with Gasteiger partial charge < -0.3 is 0 Å². The Bertz CT molecular complexity index is 822. The molecule has 0 saturated heterocycles. The Morgan fingerprint density at radius 2 is 1.86 bits per heavy atom. The minimum Gasteiger partial charge on any atom is -0.300 e. The summed E-state index contributed by atoms with van der Waals surface area (Å²) < 4.78 is 3.59. The van der Waals surface area contributed by atoms with Crippen LogP contribution in [0.5, 0.6) is 0 Å². The van der Waals surface area contributed by atoms with Gasteiger partial charge in [-0.05, 0) is 36.4 Å². The molecule has 0 unspecified atom stereocenters. The Morgan fingerprint density at radius 3 is 2.73 bits per heavy atom. The molecule has 2 aromatic heterocycles. The molecule has 3 rings (SSSR count). The third-order valence-corrected chi connectivity index (χ3v) is 4.26. The summed E-state index contributed by atoms with van der Waals surface area (Å²) >= 11 is 3.42. The number of benzene rings is 1. The number of aromatic nitrogens is 3. The largest absolute Gasteiger partial charge is 0.300 e. The zero-order valence-corrected chi connectivity index (χ0v) is 13.9. The third kappa shape index (κ3) is 3.14. The number of alkyl halides is 1. The van der Waals surface area contributed by atoms with Crippen LogP contribution in [0.1, 0.15) is 19.3 Å². The standard InChI is InChI=1S/C17H18BrN3O/c18-11-4-1-5-12-21-17(22)9-8-16(19-21)20-13-10-14-6-2-3-7-15(14)20/h2-3,6-10,13H,1,4-5,11-12H2. The monoisotopic (exact) mass is 359 g/mol. The molecule has 0 bridgehead atoms. The molecule has 0 spiro atoms. The topological polar surface area (TPSA) is 39.8 Å². The molecule has 22 heavy (non-hydrogen) atoms. The van der Waals surface area contributed by atoms with E-state index in [1.54, 1.807) is 16.8 Å². The quantitative estimate of drug-likeness (QED) is 0.496. The van der Waals surface area contributed by atoms with Gasteiger partial charge in [-0.15, -0.1) is 0 Å². The van der Waals surface area contributed by atoms with Crippen molar-refractivity contribution in [2.45, 2.75) is 25.8 Å². The Kier molecular flexibility index (Phi) is 4.73. The van der Waals surface area contributed by atoms with Gasteiger partial charge >= 0.3 is 0 Å². The number of halogens is 1. The van der Waals surface area contributed by atoms with Crippen LogP contribution in [-0.4, -0.2) is 19.7 Å². The van der Waals surface area contributed by atoms with Crippen LogP contribution in [0.2, 0.25) is 0 Å². The van der Waals surface area contributed by atoms with Crippen LogP contribution in [0.4, 0.5) is 0 Å². The van der Waals surface area contributed by atoms with Crippen molar-refractivity contribution in [2.75, 3.05) is 5.33 Å². The van der Waals surface area contributed by atoms with Crippen molar-refractivity contribution in [1.82, 2.24) is 14.3 Å². The van der Waals surface area contributed by atoms with E-state index in [2.05, 4.69) is 39.2 Å². The molecule has 1 aromatic carbocycles. The number of hydrogen-bond donors (Lipinski definition) is 0. The molecule has 2 heterocycles. The van der Waals surface area contributed by atoms with E-state index in [9.17, 15) is 4.79 Å². The maximum atomic E-state index is 12.0. The van der Waals surface area contributed by atoms with Gasteiger partial charge in [-0.1, -0.05) is 40.5 Å². The number of fused-ring (bicyclic) bond motifs is 1. The van der Waals surface area contributed by atoms with Gasteiger partial charge in [0.05, 0.1) is 5.52 Å². The summed E-state index contributed by atoms with van der Waals surface area (Å²) in [4.78, 5) is 12.0. The van der Waals surface area contributed by atoms with E-state index in [0.29, 0.717) is 6.54 Å². The number of nitrogens with zero attached hydrogens (tertiary/aromatic N) is 3. The molecular weight excluding hydrogens is 342 g/mol. The zero-order chi connectivity index (χ0) is 15.4. The van der Waals surface area contributed by atoms with Crippen LogP contribution >= 0.6 is 15.9 Å². The number of aryl methyl sites for hydroxylation is 1. The van der Waals surface area contributed by atoms with Crippen molar-refractivity contribution in [3.8, 4) is 5.82 Å². The third-order valence-electron chi connectivity index (χ3n) is 3.70. The van der Waals surface area contributed by atoms with Gasteiger partial charge in [-0.2, -0.15) is 5.10 Å². The van der Waals surface area contributed by atoms with E-state index in [-0.39, 0.29) is 5.56 Å². The molecule has 0 radical (unpaired) electrons. The number of hydrogen-bond acceptors (Lipinski definition) is 2. The molecule has 3 aromatic rings. The summed E-state index contributed by atoms with van der Waals surface area (Å²) in [7, 11) is 0. The van der Waals surface area contributed by atoms with Crippen molar-refractivity contribution in [2.24, 2.45) is 0 Å². The summed E-state index contributed by atoms with van der Waals surface area (Å²) in [5, 5.41) is 6.69. The summed E-state index contributed by atoms with van der Waals surface area (Å²) in [5.74, 6) is 0.779. The van der Waals surface area contributed by atoms with Crippen molar-refractivity contribution in [3.63, 3.8) is 0 Å². The van der Waals surface area contributed by atoms with Gasteiger partial charge in [0.25, 0.3) is 5.56 Å². The zero-order valence-electron chi connectivity index (χ0n) is 12.3. The predicted octanol–water partition coefficient (Wildman–Crippen LogP) is 3.75. The minimum absolute atomic E-state index is 0.0425. The molecule has 0 amide bonds. The summed E-state index contributed by atoms with van der Waals surface area (Å²) in [6, 6.07) is 13.6. The van der Waals surface area contributed by atoms with E-state index in [1.165, 1.54) is 5.39 Å². The molecular formula is C17H18BrN3O. The van der Waals surface area contributed by atoms with Gasteiger partial charge in [0.2, 0.25) is 0 Å². The molecule has 0 saturated carbocycles. The van der Waals surface area contributed by atoms with Gasteiger partial charge in [-0.25, -0.2) is 4.68 Å². The van der Waals surface area contributed by atoms with Gasteiger partial charge in [0, 0.05) is 24.1 Å². The van der Waals surface area contributed by atoms with Crippen molar-refractivity contribution in [3.05, 3.63) is 59.0 Å². The molecule has 0 atom stereocenters. The summed E-state index contributed by atoms with van der Waals surface area (Å²) in [6.45, 7) is 0.666. The van der Waals surface area contributed by atoms with Crippen LogP contribution in [0.3, 0.4) is 0 Å². The summed E-state index contributed by atoms with van der Waals surface area (Å²) in [5.41, 5.74) is 1.05. The highest BCUT2D eigenvalue weighted by molar-refractivity contribution is 9.09. The maximum Gasteiger partial charge on any atom is 0.266 e. The van der Waals surface area contributed by atoms with Crippen LogP contribution < -0.4 is 5.56 Å². The minimum atomic E-state index is -0.0425. The first-order valence-electron chi connectivity index (χ1n) is 7.50. The molecule has 0 aliphatic heterocycles. The normalized spacial score (nSPS) is 11.1. The Morgan fingerprint density at radius 1 is 1.00 bits per heavy atom. The van der Waals surface area contributed by atoms with Crippen LogP contribution in [0.15, 0.2) is 53.5 Å². The fraction of sp³-hybridized carbons (Fsp3) is 0.294. The number of unbranched alkanes of at least 4 members (excludes halogenated alkanes) is 2. The average Bonchev–Trinajstić information content (AvgIpc) is 2.97. The molecule has 0 aliphatic rings. The molecule has 114 valence electrons. The second-order valence-electron chi connectivity index (χ2n) is 5.25. The summed E-state index contributed by atoms with van der Waals surface area (Å²) in [6.07, 6.45) is 5.17. The predicted molar refractivity (Wildman–Crippen MR) is 93.0 cm³/mol. The molecule has 5 heteroatoms. The van der Waals surface area contributed by atoms with Gasteiger partial charge in [-0.3, -0.25) is 9.36 Å². The highest BCUT2D eigenvalue weighted by atomic mass is 79.9. The van der Waals surface area contributed by atoms with Crippen molar-refractivity contribution in [1.29, 1.82) is 0 Å². The maximum absolute atomic E-state index is 12.0. The lowest BCUT2D eigenvalue weighted by Gasteiger charge is -2.08. The fourth-order valence-corrected chi connectivity index (χ4v) is 2.94. The van der Waals surface area contributed by atoms with E-state index < -0.39 is 0 Å². The van der Waals surface area contributed by atoms with Crippen molar-refractivity contribution >= 4 is 26.8 Å². The fourth-order valence-electron chi connectivity index (χ4n) is 2.54. The molecule has 0 aliphatic carbocycles. The second kappa shape index (κ2) is 6.92. The van der Waals surface area contributed by atoms with Crippen LogP contribution in [0, 0.1) is 0 Å². The Labute approximate surface area is 137 Å². The molecule has 0 N–H and O–H groups in total. The van der Waals surface area contributed by atoms with Gasteiger partial charge in [0.15, 0.2) is 5.82 Å². The first-order chi connectivity index (χ1) is 10.8. The first kappa shape index (κ1) is 15.0. The van der Waals surface area contributed by atoms with E-state index >= 15 is 0 Å². The number of para-hydroxylation sites is 1. The Hall–Kier alpha value is -1.88. The first-order valence-corrected chi connectivity index (χ1v) is 8.62. The van der Waals surface area contributed by atoms with Gasteiger partial charge in [0.1, 0.15) is 0 Å². The molecule has 4 nitrogen and oxygen atoms in total. The lowest BCUT2D eigenvalue weighted by molar-refractivity contribution is 0.526. The SMILES string of the molecule is O=c1ccc(-n2ccc3ccccc32)nn1CCCCCBr. The van der Waals surface area contributed by atoms with Crippen molar-refractivity contribution < 1.29 is 0 Å². The average molecular weight is 360 g/mol. The Balaban J connectivity index is 1.90.